The molecular formula is C13H19BrN2OS. The number of aromatic nitrogens is 2. The lowest BCUT2D eigenvalue weighted by molar-refractivity contribution is 0.110. The number of hydrogen-bond donors (Lipinski definition) is 1. The summed E-state index contributed by atoms with van der Waals surface area (Å²) in [4.78, 5) is 7.84. The third kappa shape index (κ3) is 3.62. The van der Waals surface area contributed by atoms with Crippen molar-refractivity contribution in [3.05, 3.63) is 20.6 Å². The number of hydrogen-bond acceptors (Lipinski definition) is 3. The van der Waals surface area contributed by atoms with Gasteiger partial charge in [0, 0.05) is 18.7 Å². The van der Waals surface area contributed by atoms with Crippen LogP contribution in [0, 0.1) is 10.6 Å². The Hall–Kier alpha value is -0.260. The number of nitrogens with one attached hydrogen (secondary N) is 1. The molecule has 1 unspecified atom stereocenters. The first-order valence-corrected chi connectivity index (χ1v) is 7.65. The van der Waals surface area contributed by atoms with E-state index in [2.05, 4.69) is 39.7 Å². The summed E-state index contributed by atoms with van der Waals surface area (Å²) in [5, 5.41) is 0. The minimum atomic E-state index is 0.302. The smallest absolute Gasteiger partial charge is 0.144 e. The van der Waals surface area contributed by atoms with E-state index in [1.807, 2.05) is 0 Å². The van der Waals surface area contributed by atoms with Gasteiger partial charge in [-0.2, -0.15) is 0 Å². The van der Waals surface area contributed by atoms with E-state index in [-0.39, 0.29) is 0 Å². The maximum atomic E-state index is 5.64. The van der Waals surface area contributed by atoms with E-state index in [0.717, 1.165) is 48.3 Å². The molecule has 1 atom stereocenters. The molecule has 0 aromatic carbocycles. The second-order valence-corrected chi connectivity index (χ2v) is 6.40. The van der Waals surface area contributed by atoms with Crippen molar-refractivity contribution >= 4 is 28.1 Å². The number of aromatic amines is 1. The molecule has 1 saturated heterocycles. The molecule has 1 aromatic rings. The molecule has 0 aliphatic carbocycles. The Morgan fingerprint density at radius 2 is 2.33 bits per heavy atom. The number of nitrogens with zero attached hydrogens (tertiary/aromatic N) is 1. The molecule has 0 spiro atoms. The van der Waals surface area contributed by atoms with Crippen LogP contribution in [-0.2, 0) is 17.6 Å². The van der Waals surface area contributed by atoms with Crippen LogP contribution in [0.5, 0.6) is 0 Å². The van der Waals surface area contributed by atoms with Crippen LogP contribution in [0.1, 0.15) is 38.2 Å². The molecule has 1 N–H and O–H groups in total. The molecule has 0 amide bonds. The first kappa shape index (κ1) is 14.2. The van der Waals surface area contributed by atoms with Crippen LogP contribution in [0.4, 0.5) is 0 Å². The zero-order valence-electron chi connectivity index (χ0n) is 10.8. The van der Waals surface area contributed by atoms with E-state index in [4.69, 9.17) is 17.0 Å². The molecular weight excluding hydrogens is 312 g/mol. The Balaban J connectivity index is 2.20. The molecule has 1 fully saturated rings. The molecule has 5 heteroatoms. The van der Waals surface area contributed by atoms with Crippen LogP contribution >= 0.6 is 28.1 Å². The lowest BCUT2D eigenvalue weighted by Crippen LogP contribution is -2.13. The van der Waals surface area contributed by atoms with Crippen molar-refractivity contribution in [2.75, 3.05) is 6.61 Å². The number of halogens is 1. The fourth-order valence-corrected chi connectivity index (χ4v) is 2.81. The van der Waals surface area contributed by atoms with E-state index < -0.39 is 0 Å². The summed E-state index contributed by atoms with van der Waals surface area (Å²) in [6, 6.07) is 0. The molecule has 1 aromatic heterocycles. The van der Waals surface area contributed by atoms with Crippen molar-refractivity contribution in [1.29, 1.82) is 0 Å². The van der Waals surface area contributed by atoms with Crippen molar-refractivity contribution in [3.63, 3.8) is 0 Å². The van der Waals surface area contributed by atoms with Crippen LogP contribution in [0.15, 0.2) is 4.47 Å². The number of H-pyrrole nitrogens is 1. The highest BCUT2D eigenvalue weighted by Crippen LogP contribution is 2.21. The zero-order chi connectivity index (χ0) is 13.1. The monoisotopic (exact) mass is 330 g/mol. The predicted molar refractivity (Wildman–Crippen MR) is 78.3 cm³/mol. The summed E-state index contributed by atoms with van der Waals surface area (Å²) in [5.74, 6) is 1.54. The van der Waals surface area contributed by atoms with E-state index >= 15 is 0 Å². The average molecular weight is 331 g/mol. The Kier molecular flexibility index (Phi) is 4.92. The van der Waals surface area contributed by atoms with Crippen molar-refractivity contribution in [2.45, 2.75) is 45.6 Å². The van der Waals surface area contributed by atoms with E-state index in [0.29, 0.717) is 16.7 Å². The molecule has 3 nitrogen and oxygen atoms in total. The molecule has 2 rings (SSSR count). The van der Waals surface area contributed by atoms with Gasteiger partial charge in [-0.1, -0.05) is 26.1 Å². The van der Waals surface area contributed by atoms with Gasteiger partial charge in [0.15, 0.2) is 0 Å². The fraction of sp³-hybridized carbons (Fsp3) is 0.692. The molecule has 0 bridgehead atoms. The third-order valence-electron chi connectivity index (χ3n) is 3.04. The Bertz CT molecular complexity index is 467. The normalized spacial score (nSPS) is 19.7. The largest absolute Gasteiger partial charge is 0.378 e. The van der Waals surface area contributed by atoms with Crippen LogP contribution in [-0.4, -0.2) is 22.7 Å². The highest BCUT2D eigenvalue weighted by molar-refractivity contribution is 9.10. The molecule has 0 radical (unpaired) electrons. The van der Waals surface area contributed by atoms with Gasteiger partial charge in [0.05, 0.1) is 10.6 Å². The fourth-order valence-electron chi connectivity index (χ4n) is 2.22. The maximum Gasteiger partial charge on any atom is 0.144 e. The van der Waals surface area contributed by atoms with E-state index in [1.54, 1.807) is 0 Å². The first-order valence-electron chi connectivity index (χ1n) is 6.45. The van der Waals surface area contributed by atoms with Crippen molar-refractivity contribution in [2.24, 2.45) is 5.92 Å². The van der Waals surface area contributed by atoms with Gasteiger partial charge in [-0.25, -0.2) is 4.98 Å². The van der Waals surface area contributed by atoms with Gasteiger partial charge in [0.25, 0.3) is 0 Å². The molecule has 100 valence electrons. The minimum Gasteiger partial charge on any atom is -0.378 e. The number of rotatable bonds is 4. The summed E-state index contributed by atoms with van der Waals surface area (Å²) < 4.78 is 7.23. The van der Waals surface area contributed by atoms with E-state index in [1.165, 1.54) is 0 Å². The standard InChI is InChI=1S/C13H19BrN2OS/c1-8(2)6-10-12(14)13(18)16-11(15-10)7-9-4-3-5-17-9/h8-9H,3-7H2,1-2H3,(H,15,16,18). The molecule has 2 heterocycles. The Morgan fingerprint density at radius 3 is 2.94 bits per heavy atom. The van der Waals surface area contributed by atoms with Gasteiger partial charge in [-0.15, -0.1) is 0 Å². The second kappa shape index (κ2) is 6.26. The van der Waals surface area contributed by atoms with Crippen LogP contribution < -0.4 is 0 Å². The van der Waals surface area contributed by atoms with Gasteiger partial charge in [0.2, 0.25) is 0 Å². The molecule has 18 heavy (non-hydrogen) atoms. The predicted octanol–water partition coefficient (Wildman–Crippen LogP) is 3.82. The molecule has 0 saturated carbocycles. The SMILES string of the molecule is CC(C)Cc1[nH]c(CC2CCCO2)nc(=S)c1Br. The lowest BCUT2D eigenvalue weighted by Gasteiger charge is -2.13. The van der Waals surface area contributed by atoms with Crippen LogP contribution in [0.3, 0.4) is 0 Å². The van der Waals surface area contributed by atoms with Gasteiger partial charge >= 0.3 is 0 Å². The van der Waals surface area contributed by atoms with Crippen molar-refractivity contribution in [1.82, 2.24) is 9.97 Å². The second-order valence-electron chi connectivity index (χ2n) is 5.22. The summed E-state index contributed by atoms with van der Waals surface area (Å²) in [6.07, 6.45) is 4.39. The van der Waals surface area contributed by atoms with E-state index in [9.17, 15) is 0 Å². The third-order valence-corrected chi connectivity index (χ3v) is 4.45. The van der Waals surface area contributed by atoms with Gasteiger partial charge in [-0.3, -0.25) is 0 Å². The van der Waals surface area contributed by atoms with Gasteiger partial charge in [0.1, 0.15) is 10.5 Å². The van der Waals surface area contributed by atoms with Gasteiger partial charge in [-0.05, 0) is 41.1 Å². The van der Waals surface area contributed by atoms with Crippen molar-refractivity contribution < 1.29 is 4.74 Å². The minimum absolute atomic E-state index is 0.302. The highest BCUT2D eigenvalue weighted by atomic mass is 79.9. The van der Waals surface area contributed by atoms with Crippen LogP contribution in [0.2, 0.25) is 0 Å². The van der Waals surface area contributed by atoms with Crippen LogP contribution in [0.25, 0.3) is 0 Å². The highest BCUT2D eigenvalue weighted by Gasteiger charge is 2.18. The van der Waals surface area contributed by atoms with Crippen molar-refractivity contribution in [3.8, 4) is 0 Å². The molecule has 1 aliphatic rings. The maximum absolute atomic E-state index is 5.64. The summed E-state index contributed by atoms with van der Waals surface area (Å²) >= 11 is 8.83. The lowest BCUT2D eigenvalue weighted by atomic mass is 10.1. The summed E-state index contributed by atoms with van der Waals surface area (Å²) in [7, 11) is 0. The molecule has 1 aliphatic heterocycles. The first-order chi connectivity index (χ1) is 8.56. The number of ether oxygens (including phenoxy) is 1. The van der Waals surface area contributed by atoms with Gasteiger partial charge < -0.3 is 9.72 Å². The summed E-state index contributed by atoms with van der Waals surface area (Å²) in [6.45, 7) is 5.27. The average Bonchev–Trinajstić information content (AvgIpc) is 2.77. The summed E-state index contributed by atoms with van der Waals surface area (Å²) in [5.41, 5.74) is 1.15. The Morgan fingerprint density at radius 1 is 1.56 bits per heavy atom. The zero-order valence-corrected chi connectivity index (χ0v) is 13.2. The quantitative estimate of drug-likeness (QED) is 0.853. The Labute approximate surface area is 121 Å². The topological polar surface area (TPSA) is 37.9 Å².